The number of nitrogens with zero attached hydrogens (tertiary/aromatic N) is 1. The fourth-order valence-electron chi connectivity index (χ4n) is 2.40. The number of amides is 1. The third-order valence-corrected chi connectivity index (χ3v) is 3.64. The second-order valence-corrected chi connectivity index (χ2v) is 6.18. The van der Waals surface area contributed by atoms with Crippen molar-refractivity contribution in [1.29, 1.82) is 0 Å². The second kappa shape index (κ2) is 8.31. The van der Waals surface area contributed by atoms with Gasteiger partial charge < -0.3 is 15.4 Å². The van der Waals surface area contributed by atoms with Gasteiger partial charge in [0.05, 0.1) is 17.4 Å². The highest BCUT2D eigenvalue weighted by atomic mass is 19.1. The lowest BCUT2D eigenvalue weighted by atomic mass is 10.2. The molecule has 3 aromatic rings. The molecule has 6 heteroatoms. The molecule has 0 saturated carbocycles. The number of nitrogens with one attached hydrogen (secondary N) is 2. The van der Waals surface area contributed by atoms with Crippen molar-refractivity contribution in [3.8, 4) is 5.75 Å². The van der Waals surface area contributed by atoms with Gasteiger partial charge in [-0.1, -0.05) is 12.1 Å². The van der Waals surface area contributed by atoms with Gasteiger partial charge in [-0.15, -0.1) is 0 Å². The molecule has 1 aromatic heterocycles. The average molecular weight is 365 g/mol. The number of benzene rings is 2. The normalized spacial score (nSPS) is 10.5. The highest BCUT2D eigenvalue weighted by Gasteiger charge is 2.11. The second-order valence-electron chi connectivity index (χ2n) is 6.18. The fraction of sp³-hybridized carbons (Fsp3) is 0.143. The highest BCUT2D eigenvalue weighted by Crippen LogP contribution is 2.25. The molecule has 0 aliphatic carbocycles. The molecule has 0 aliphatic heterocycles. The van der Waals surface area contributed by atoms with Crippen LogP contribution in [-0.4, -0.2) is 17.0 Å². The molecule has 1 heterocycles. The van der Waals surface area contributed by atoms with E-state index in [1.807, 2.05) is 32.0 Å². The Morgan fingerprint density at radius 3 is 2.44 bits per heavy atom. The number of pyridine rings is 1. The zero-order valence-corrected chi connectivity index (χ0v) is 15.1. The van der Waals surface area contributed by atoms with E-state index >= 15 is 0 Å². The van der Waals surface area contributed by atoms with E-state index in [0.717, 1.165) is 0 Å². The number of hydrogen-bond acceptors (Lipinski definition) is 4. The lowest BCUT2D eigenvalue weighted by Crippen LogP contribution is -2.14. The van der Waals surface area contributed by atoms with Crippen LogP contribution < -0.4 is 15.4 Å². The van der Waals surface area contributed by atoms with Crippen molar-refractivity contribution in [1.82, 2.24) is 4.98 Å². The van der Waals surface area contributed by atoms with Gasteiger partial charge in [-0.05, 0) is 62.4 Å². The average Bonchev–Trinajstić information content (AvgIpc) is 2.65. The Hall–Kier alpha value is -3.41. The molecule has 2 aromatic carbocycles. The molecule has 27 heavy (non-hydrogen) atoms. The summed E-state index contributed by atoms with van der Waals surface area (Å²) in [6.07, 6.45) is 1.48. The van der Waals surface area contributed by atoms with Gasteiger partial charge in [-0.3, -0.25) is 4.79 Å². The van der Waals surface area contributed by atoms with Crippen molar-refractivity contribution in [2.75, 3.05) is 10.6 Å². The standard InChI is InChI=1S/C21H20FN3O2/c1-14(2)27-19-6-4-3-5-18(19)25-21(26)15-7-12-20(23-13-15)24-17-10-8-16(22)9-11-17/h3-14H,1-2H3,(H,23,24)(H,25,26). The van der Waals surface area contributed by atoms with Crippen molar-refractivity contribution in [3.63, 3.8) is 0 Å². The molecule has 0 spiro atoms. The Labute approximate surface area is 157 Å². The van der Waals surface area contributed by atoms with Gasteiger partial charge in [0.25, 0.3) is 5.91 Å². The van der Waals surface area contributed by atoms with Gasteiger partial charge in [-0.2, -0.15) is 0 Å². The van der Waals surface area contributed by atoms with E-state index in [1.165, 1.54) is 18.3 Å². The number of ether oxygens (including phenoxy) is 1. The first-order valence-electron chi connectivity index (χ1n) is 8.57. The Morgan fingerprint density at radius 1 is 1.04 bits per heavy atom. The third-order valence-electron chi connectivity index (χ3n) is 3.64. The lowest BCUT2D eigenvalue weighted by Gasteiger charge is -2.14. The van der Waals surface area contributed by atoms with Gasteiger partial charge in [0.2, 0.25) is 0 Å². The Morgan fingerprint density at radius 2 is 1.78 bits per heavy atom. The molecule has 0 bridgehead atoms. The monoisotopic (exact) mass is 365 g/mol. The molecule has 0 saturated heterocycles. The van der Waals surface area contributed by atoms with Crippen molar-refractivity contribution >= 4 is 23.1 Å². The minimum Gasteiger partial charge on any atom is -0.489 e. The molecular weight excluding hydrogens is 345 g/mol. The largest absolute Gasteiger partial charge is 0.489 e. The third kappa shape index (κ3) is 5.04. The van der Waals surface area contributed by atoms with Gasteiger partial charge >= 0.3 is 0 Å². The fourth-order valence-corrected chi connectivity index (χ4v) is 2.40. The van der Waals surface area contributed by atoms with Crippen LogP contribution in [0.5, 0.6) is 5.75 Å². The van der Waals surface area contributed by atoms with Gasteiger partial charge in [0, 0.05) is 11.9 Å². The van der Waals surface area contributed by atoms with Crippen molar-refractivity contribution in [2.45, 2.75) is 20.0 Å². The van der Waals surface area contributed by atoms with E-state index in [0.29, 0.717) is 28.5 Å². The van der Waals surface area contributed by atoms with Crippen LogP contribution in [-0.2, 0) is 0 Å². The summed E-state index contributed by atoms with van der Waals surface area (Å²) >= 11 is 0. The first kappa shape index (κ1) is 18.4. The van der Waals surface area contributed by atoms with E-state index in [9.17, 15) is 9.18 Å². The number of hydrogen-bond donors (Lipinski definition) is 2. The number of rotatable bonds is 6. The van der Waals surface area contributed by atoms with E-state index < -0.39 is 0 Å². The van der Waals surface area contributed by atoms with E-state index in [4.69, 9.17) is 4.74 Å². The van der Waals surface area contributed by atoms with Crippen LogP contribution in [0.25, 0.3) is 0 Å². The molecule has 0 fully saturated rings. The van der Waals surface area contributed by atoms with Crippen LogP contribution in [0.4, 0.5) is 21.6 Å². The molecule has 3 rings (SSSR count). The number of para-hydroxylation sites is 2. The molecular formula is C21H20FN3O2. The van der Waals surface area contributed by atoms with Crippen molar-refractivity contribution in [3.05, 3.63) is 78.2 Å². The smallest absolute Gasteiger partial charge is 0.257 e. The number of carbonyl (C=O) groups is 1. The molecule has 1 amide bonds. The Kier molecular flexibility index (Phi) is 5.66. The minimum atomic E-state index is -0.303. The summed E-state index contributed by atoms with van der Waals surface area (Å²) in [5.74, 6) is 0.586. The molecule has 138 valence electrons. The summed E-state index contributed by atoms with van der Waals surface area (Å²) in [4.78, 5) is 16.7. The summed E-state index contributed by atoms with van der Waals surface area (Å²) in [7, 11) is 0. The predicted octanol–water partition coefficient (Wildman–Crippen LogP) is 5.00. The Bertz CT molecular complexity index is 909. The summed E-state index contributed by atoms with van der Waals surface area (Å²) in [5.41, 5.74) is 1.73. The zero-order valence-electron chi connectivity index (χ0n) is 15.1. The van der Waals surface area contributed by atoms with Crippen molar-refractivity contribution in [2.24, 2.45) is 0 Å². The number of aromatic nitrogens is 1. The topological polar surface area (TPSA) is 63.2 Å². The first-order valence-corrected chi connectivity index (χ1v) is 8.57. The maximum Gasteiger partial charge on any atom is 0.257 e. The van der Waals surface area contributed by atoms with Gasteiger partial charge in [0.1, 0.15) is 17.4 Å². The summed E-state index contributed by atoms with van der Waals surface area (Å²) in [6.45, 7) is 3.85. The molecule has 0 unspecified atom stereocenters. The summed E-state index contributed by atoms with van der Waals surface area (Å²) in [6, 6.07) is 16.6. The highest BCUT2D eigenvalue weighted by molar-refractivity contribution is 6.04. The van der Waals surface area contributed by atoms with Crippen molar-refractivity contribution < 1.29 is 13.9 Å². The molecule has 0 aliphatic rings. The quantitative estimate of drug-likeness (QED) is 0.645. The van der Waals surface area contributed by atoms with Crippen LogP contribution in [0.15, 0.2) is 66.9 Å². The maximum absolute atomic E-state index is 12.9. The van der Waals surface area contributed by atoms with E-state index in [-0.39, 0.29) is 17.8 Å². The molecule has 2 N–H and O–H groups in total. The summed E-state index contributed by atoms with van der Waals surface area (Å²) < 4.78 is 18.7. The Balaban J connectivity index is 1.68. The predicted molar refractivity (Wildman–Crippen MR) is 104 cm³/mol. The van der Waals surface area contributed by atoms with Crippen LogP contribution in [0.1, 0.15) is 24.2 Å². The molecule has 0 radical (unpaired) electrons. The number of halogens is 1. The SMILES string of the molecule is CC(C)Oc1ccccc1NC(=O)c1ccc(Nc2ccc(F)cc2)nc1. The van der Waals surface area contributed by atoms with E-state index in [2.05, 4.69) is 15.6 Å². The maximum atomic E-state index is 12.9. The summed E-state index contributed by atoms with van der Waals surface area (Å²) in [5, 5.41) is 5.89. The van der Waals surface area contributed by atoms with Crippen LogP contribution >= 0.6 is 0 Å². The first-order chi connectivity index (χ1) is 13.0. The van der Waals surface area contributed by atoms with Crippen LogP contribution in [0.3, 0.4) is 0 Å². The zero-order chi connectivity index (χ0) is 19.2. The van der Waals surface area contributed by atoms with E-state index in [1.54, 1.807) is 30.3 Å². The minimum absolute atomic E-state index is 0.00142. The molecule has 5 nitrogen and oxygen atoms in total. The number of carbonyl (C=O) groups excluding carboxylic acids is 1. The lowest BCUT2D eigenvalue weighted by molar-refractivity contribution is 0.102. The van der Waals surface area contributed by atoms with Crippen LogP contribution in [0, 0.1) is 5.82 Å². The van der Waals surface area contributed by atoms with Gasteiger partial charge in [0.15, 0.2) is 0 Å². The van der Waals surface area contributed by atoms with Gasteiger partial charge in [-0.25, -0.2) is 9.37 Å². The number of anilines is 3. The van der Waals surface area contributed by atoms with Crippen LogP contribution in [0.2, 0.25) is 0 Å². The molecule has 0 atom stereocenters.